The van der Waals surface area contributed by atoms with Crippen LogP contribution in [-0.2, 0) is 38.8 Å². The molecule has 0 spiro atoms. The first-order valence-corrected chi connectivity index (χ1v) is 20.6. The molecule has 10 nitrogen and oxygen atoms in total. The van der Waals surface area contributed by atoms with Gasteiger partial charge in [0.1, 0.15) is 6.67 Å². The van der Waals surface area contributed by atoms with E-state index in [1.807, 2.05) is 0 Å². The van der Waals surface area contributed by atoms with Crippen molar-refractivity contribution < 1.29 is 49.4 Å². The number of fused-ring (bicyclic) bond motifs is 1. The monoisotopic (exact) mass is 805 g/mol. The molecule has 4 aromatic carbocycles. The molecule has 0 aliphatic carbocycles. The van der Waals surface area contributed by atoms with Gasteiger partial charge < -0.3 is 25.8 Å². The Morgan fingerprint density at radius 1 is 0.782 bits per heavy atom. The predicted molar refractivity (Wildman–Crippen MR) is 202 cm³/mol. The lowest BCUT2D eigenvalue weighted by Gasteiger charge is -2.17. The molecule has 1 heterocycles. The molecule has 16 heteroatoms. The molecule has 0 fully saturated rings. The first-order valence-electron chi connectivity index (χ1n) is 17.3. The van der Waals surface area contributed by atoms with Crippen LogP contribution in [0.5, 0.6) is 0 Å². The Balaban J connectivity index is 0.000000376. The topological polar surface area (TPSA) is 169 Å². The van der Waals surface area contributed by atoms with Crippen molar-refractivity contribution in [2.75, 3.05) is 31.4 Å². The standard InChI is InChI=1S/C29H28F4N2O4S.C10H15NO3S/c1-2-40(38,39)25-10-5-20(6-11-25)26(18-36)34-28(37)21-7-12-27-22(16-21)17-24(35(27)14-13-30)15-19-3-8-23(9-4-19)29(31,32)33;1-2-15(13,14)9-5-3-8(4-6-9)10(11)7-12/h3-12,16-17,26,36H,2,13-15,18H2,1H3,(H,34,37);3-6,10,12H,2,7,11H2,1H3/t26-;10-/m00/s1. The van der Waals surface area contributed by atoms with E-state index in [9.17, 15) is 44.3 Å². The number of benzene rings is 4. The Labute approximate surface area is 317 Å². The van der Waals surface area contributed by atoms with Crippen LogP contribution >= 0.6 is 0 Å². The van der Waals surface area contributed by atoms with E-state index in [4.69, 9.17) is 10.8 Å². The number of aromatic nitrogens is 1. The summed E-state index contributed by atoms with van der Waals surface area (Å²) in [6, 6.07) is 22.4. The number of amides is 1. The van der Waals surface area contributed by atoms with E-state index in [0.29, 0.717) is 32.6 Å². The molecule has 55 heavy (non-hydrogen) atoms. The Morgan fingerprint density at radius 2 is 1.33 bits per heavy atom. The molecule has 5 rings (SSSR count). The van der Waals surface area contributed by atoms with Gasteiger partial charge in [-0.2, -0.15) is 13.2 Å². The van der Waals surface area contributed by atoms with Gasteiger partial charge in [-0.05, 0) is 77.4 Å². The predicted octanol–water partition coefficient (Wildman–Crippen LogP) is 5.95. The number of rotatable bonds is 14. The molecule has 5 aromatic rings. The number of aliphatic hydroxyl groups excluding tert-OH is 2. The van der Waals surface area contributed by atoms with Crippen LogP contribution in [0, 0.1) is 0 Å². The molecule has 0 aliphatic rings. The summed E-state index contributed by atoms with van der Waals surface area (Å²) in [5.41, 5.74) is 8.35. The fourth-order valence-electron chi connectivity index (χ4n) is 5.73. The molecule has 0 bridgehead atoms. The first kappa shape index (κ1) is 43.1. The van der Waals surface area contributed by atoms with Crippen molar-refractivity contribution in [3.05, 3.63) is 131 Å². The number of sulfone groups is 2. The lowest BCUT2D eigenvalue weighted by molar-refractivity contribution is -0.137. The minimum atomic E-state index is -4.44. The largest absolute Gasteiger partial charge is 0.416 e. The zero-order valence-electron chi connectivity index (χ0n) is 30.1. The summed E-state index contributed by atoms with van der Waals surface area (Å²) in [6.45, 7) is 1.96. The van der Waals surface area contributed by atoms with Gasteiger partial charge in [-0.3, -0.25) is 4.79 Å². The molecule has 2 atom stereocenters. The summed E-state index contributed by atoms with van der Waals surface area (Å²) in [5.74, 6) is -0.444. The zero-order chi connectivity index (χ0) is 40.6. The summed E-state index contributed by atoms with van der Waals surface area (Å²) < 4.78 is 101. The van der Waals surface area contributed by atoms with Gasteiger partial charge in [0.05, 0.1) is 58.7 Å². The molecule has 0 unspecified atom stereocenters. The summed E-state index contributed by atoms with van der Waals surface area (Å²) in [6.07, 6.45) is -4.17. The number of alkyl halides is 4. The Bertz CT molecular complexity index is 2280. The van der Waals surface area contributed by atoms with Gasteiger partial charge in [0.2, 0.25) is 0 Å². The van der Waals surface area contributed by atoms with Crippen LogP contribution in [-0.4, -0.2) is 68.9 Å². The quantitative estimate of drug-likeness (QED) is 0.1000. The number of carbonyl (C=O) groups excluding carboxylic acids is 1. The fraction of sp³-hybridized carbons (Fsp3) is 0.308. The third-order valence-electron chi connectivity index (χ3n) is 8.98. The molecule has 0 radical (unpaired) electrons. The maximum atomic E-state index is 13.4. The maximum Gasteiger partial charge on any atom is 0.416 e. The van der Waals surface area contributed by atoms with Crippen LogP contribution in [0.4, 0.5) is 17.6 Å². The van der Waals surface area contributed by atoms with E-state index in [2.05, 4.69) is 5.32 Å². The molecule has 1 amide bonds. The van der Waals surface area contributed by atoms with E-state index in [1.165, 1.54) is 48.5 Å². The average Bonchev–Trinajstić information content (AvgIpc) is 3.52. The third kappa shape index (κ3) is 10.8. The minimum absolute atomic E-state index is 0.0430. The number of nitrogens with one attached hydrogen (secondary N) is 1. The van der Waals surface area contributed by atoms with E-state index < -0.39 is 62.7 Å². The van der Waals surface area contributed by atoms with Crippen molar-refractivity contribution in [1.29, 1.82) is 0 Å². The summed E-state index contributed by atoms with van der Waals surface area (Å²) in [7, 11) is -6.54. The highest BCUT2D eigenvalue weighted by atomic mass is 32.2. The van der Waals surface area contributed by atoms with Crippen LogP contribution in [0.3, 0.4) is 0 Å². The molecule has 1 aromatic heterocycles. The van der Waals surface area contributed by atoms with Gasteiger partial charge in [-0.25, -0.2) is 21.2 Å². The molecule has 0 saturated carbocycles. The van der Waals surface area contributed by atoms with Crippen LogP contribution in [0.1, 0.15) is 64.2 Å². The highest BCUT2D eigenvalue weighted by Gasteiger charge is 2.30. The number of nitrogens with two attached hydrogens (primary N) is 1. The first-order chi connectivity index (χ1) is 26.0. The second-order valence-electron chi connectivity index (χ2n) is 12.6. The highest BCUT2D eigenvalue weighted by molar-refractivity contribution is 7.91. The smallest absolute Gasteiger partial charge is 0.394 e. The number of hydrogen-bond acceptors (Lipinski definition) is 8. The lowest BCUT2D eigenvalue weighted by Crippen LogP contribution is -2.30. The maximum absolute atomic E-state index is 13.4. The molecule has 0 aliphatic heterocycles. The van der Waals surface area contributed by atoms with Crippen molar-refractivity contribution in [3.63, 3.8) is 0 Å². The number of halogens is 4. The average molecular weight is 806 g/mol. The van der Waals surface area contributed by atoms with Gasteiger partial charge in [0.25, 0.3) is 5.91 Å². The Morgan fingerprint density at radius 3 is 1.80 bits per heavy atom. The molecule has 5 N–H and O–H groups in total. The fourth-order valence-corrected chi connectivity index (χ4v) is 7.50. The van der Waals surface area contributed by atoms with Gasteiger partial charge in [-0.15, -0.1) is 0 Å². The van der Waals surface area contributed by atoms with Crippen molar-refractivity contribution in [3.8, 4) is 0 Å². The number of carbonyl (C=O) groups is 1. The van der Waals surface area contributed by atoms with Crippen LogP contribution in [0.2, 0.25) is 0 Å². The van der Waals surface area contributed by atoms with Gasteiger partial charge in [-0.1, -0.05) is 50.2 Å². The lowest BCUT2D eigenvalue weighted by atomic mass is 10.1. The molecular formula is C39H43F4N3O7S2. The normalized spacial score (nSPS) is 13.2. The third-order valence-corrected chi connectivity index (χ3v) is 12.5. The van der Waals surface area contributed by atoms with Crippen molar-refractivity contribution in [2.24, 2.45) is 5.73 Å². The highest BCUT2D eigenvalue weighted by Crippen LogP contribution is 2.30. The molecular weight excluding hydrogens is 763 g/mol. The summed E-state index contributed by atoms with van der Waals surface area (Å²) in [4.78, 5) is 13.5. The van der Waals surface area contributed by atoms with E-state index >= 15 is 0 Å². The SMILES string of the molecule is CCS(=O)(=O)c1ccc([C@@H](N)CO)cc1.CCS(=O)(=O)c1ccc([C@H](CO)NC(=O)c2ccc3c(c2)cc(Cc2ccc(C(F)(F)F)cc2)n3CCF)cc1. The van der Waals surface area contributed by atoms with E-state index in [1.54, 1.807) is 54.8 Å². The van der Waals surface area contributed by atoms with E-state index in [0.717, 1.165) is 17.7 Å². The van der Waals surface area contributed by atoms with Crippen molar-refractivity contribution >= 4 is 36.5 Å². The molecule has 0 saturated heterocycles. The zero-order valence-corrected chi connectivity index (χ0v) is 31.8. The second kappa shape index (κ2) is 18.3. The summed E-state index contributed by atoms with van der Waals surface area (Å²) in [5, 5.41) is 22.1. The Kier molecular flexibility index (Phi) is 14.4. The number of nitrogens with zero attached hydrogens (tertiary/aromatic N) is 1. The van der Waals surface area contributed by atoms with Crippen molar-refractivity contribution in [1.82, 2.24) is 9.88 Å². The molecule has 296 valence electrons. The van der Waals surface area contributed by atoms with Crippen LogP contribution in [0.15, 0.2) is 107 Å². The minimum Gasteiger partial charge on any atom is -0.394 e. The van der Waals surface area contributed by atoms with Gasteiger partial charge in [0.15, 0.2) is 19.7 Å². The van der Waals surface area contributed by atoms with Crippen molar-refractivity contribution in [2.45, 2.75) is 54.9 Å². The van der Waals surface area contributed by atoms with Gasteiger partial charge >= 0.3 is 6.18 Å². The Hall–Kier alpha value is -4.61. The van der Waals surface area contributed by atoms with E-state index in [-0.39, 0.29) is 41.5 Å². The van der Waals surface area contributed by atoms with Crippen LogP contribution in [0.25, 0.3) is 10.9 Å². The van der Waals surface area contributed by atoms with Gasteiger partial charge in [0, 0.05) is 28.6 Å². The number of aliphatic hydroxyl groups is 2. The summed E-state index contributed by atoms with van der Waals surface area (Å²) >= 11 is 0. The second-order valence-corrected chi connectivity index (χ2v) is 17.1. The number of aryl methyl sites for hydroxylation is 1. The van der Waals surface area contributed by atoms with Crippen LogP contribution < -0.4 is 11.1 Å². The number of hydrogen-bond donors (Lipinski definition) is 4.